The molecule has 3 heterocycles. The monoisotopic (exact) mass is 622 g/mol. The van der Waals surface area contributed by atoms with E-state index in [1.807, 2.05) is 12.1 Å². The number of anilines is 2. The van der Waals surface area contributed by atoms with E-state index >= 15 is 0 Å². The van der Waals surface area contributed by atoms with Crippen LogP contribution in [-0.4, -0.2) is 85.7 Å². The molecule has 45 heavy (non-hydrogen) atoms. The predicted molar refractivity (Wildman–Crippen MR) is 159 cm³/mol. The molecule has 0 unspecified atom stereocenters. The van der Waals surface area contributed by atoms with E-state index in [9.17, 15) is 27.9 Å². The highest BCUT2D eigenvalue weighted by atomic mass is 19.4. The van der Waals surface area contributed by atoms with Crippen LogP contribution in [0.4, 0.5) is 24.5 Å². The lowest BCUT2D eigenvalue weighted by Gasteiger charge is -2.29. The third-order valence-corrected chi connectivity index (χ3v) is 8.01. The van der Waals surface area contributed by atoms with E-state index in [4.69, 9.17) is 9.47 Å². The molecule has 6 rings (SSSR count). The van der Waals surface area contributed by atoms with Crippen LogP contribution in [-0.2, 0) is 22.2 Å². The Morgan fingerprint density at radius 2 is 1.58 bits per heavy atom. The lowest BCUT2D eigenvalue weighted by Crippen LogP contribution is -2.38. The molecule has 0 radical (unpaired) electrons. The molecular weight excluding hydrogens is 591 g/mol. The zero-order valence-electron chi connectivity index (χ0n) is 24.3. The van der Waals surface area contributed by atoms with E-state index in [-0.39, 0.29) is 11.3 Å². The number of amides is 1. The van der Waals surface area contributed by atoms with Crippen molar-refractivity contribution in [1.82, 2.24) is 14.7 Å². The quantitative estimate of drug-likeness (QED) is 0.318. The van der Waals surface area contributed by atoms with Crippen LogP contribution >= 0.6 is 0 Å². The number of carboxylic acids is 1. The van der Waals surface area contributed by atoms with Crippen LogP contribution in [0, 0.1) is 0 Å². The minimum Gasteiger partial charge on any atom is -0.543 e. The van der Waals surface area contributed by atoms with Gasteiger partial charge < -0.3 is 29.6 Å². The van der Waals surface area contributed by atoms with Gasteiger partial charge in [0.25, 0.3) is 5.91 Å². The summed E-state index contributed by atoms with van der Waals surface area (Å²) in [6, 6.07) is 15.5. The molecule has 2 fully saturated rings. The normalized spacial score (nSPS) is 16.2. The number of ether oxygens (including phenoxy) is 2. The third-order valence-electron chi connectivity index (χ3n) is 8.01. The summed E-state index contributed by atoms with van der Waals surface area (Å²) < 4.78 is 53.6. The summed E-state index contributed by atoms with van der Waals surface area (Å²) in [5, 5.41) is 19.3. The van der Waals surface area contributed by atoms with E-state index in [1.165, 1.54) is 6.07 Å². The van der Waals surface area contributed by atoms with Crippen molar-refractivity contribution in [2.24, 2.45) is 0 Å². The number of fused-ring (bicyclic) bond motifs is 1. The lowest BCUT2D eigenvalue weighted by molar-refractivity contribution is -0.255. The van der Waals surface area contributed by atoms with Crippen LogP contribution in [0.15, 0.2) is 60.7 Å². The van der Waals surface area contributed by atoms with Crippen LogP contribution in [0.2, 0.25) is 0 Å². The van der Waals surface area contributed by atoms with Crippen LogP contribution in [0.1, 0.15) is 26.4 Å². The second-order valence-electron chi connectivity index (χ2n) is 10.9. The zero-order chi connectivity index (χ0) is 31.6. The van der Waals surface area contributed by atoms with Gasteiger partial charge in [0, 0.05) is 55.0 Å². The van der Waals surface area contributed by atoms with Crippen molar-refractivity contribution in [3.05, 3.63) is 77.5 Å². The topological polar surface area (TPSA) is 112 Å². The van der Waals surface area contributed by atoms with E-state index in [2.05, 4.69) is 15.3 Å². The number of carbonyl (C=O) groups is 2. The maximum absolute atomic E-state index is 13.7. The van der Waals surface area contributed by atoms with Crippen LogP contribution < -0.4 is 15.3 Å². The van der Waals surface area contributed by atoms with Gasteiger partial charge in [-0.05, 0) is 53.6 Å². The molecule has 1 aromatic heterocycles. The van der Waals surface area contributed by atoms with Gasteiger partial charge in [-0.25, -0.2) is 0 Å². The van der Waals surface area contributed by atoms with Gasteiger partial charge in [-0.2, -0.15) is 18.3 Å². The molecule has 1 N–H and O–H groups in total. The molecule has 2 aliphatic rings. The molecule has 0 spiro atoms. The summed E-state index contributed by atoms with van der Waals surface area (Å²) in [6.07, 6.45) is -4.62. The highest BCUT2D eigenvalue weighted by molar-refractivity contribution is 6.05. The number of benzene rings is 3. The van der Waals surface area contributed by atoms with Crippen molar-refractivity contribution >= 4 is 34.2 Å². The van der Waals surface area contributed by atoms with Crippen molar-refractivity contribution < 1.29 is 37.3 Å². The number of carboxylic acid groups (broad SMARTS) is 1. The smallest absolute Gasteiger partial charge is 0.416 e. The number of nitrogens with zero attached hydrogens (tertiary/aromatic N) is 4. The molecule has 3 aromatic carbocycles. The Morgan fingerprint density at radius 1 is 0.867 bits per heavy atom. The number of alkyl halides is 3. The number of nitrogens with one attached hydrogen (secondary N) is 1. The van der Waals surface area contributed by atoms with E-state index in [0.717, 1.165) is 30.8 Å². The molecule has 2 saturated heterocycles. The van der Waals surface area contributed by atoms with Crippen molar-refractivity contribution in [2.75, 3.05) is 69.4 Å². The first-order valence-electron chi connectivity index (χ1n) is 14.6. The Labute approximate surface area is 256 Å². The van der Waals surface area contributed by atoms with Crippen LogP contribution in [0.3, 0.4) is 0 Å². The molecule has 1 amide bonds. The maximum atomic E-state index is 13.7. The highest BCUT2D eigenvalue weighted by Crippen LogP contribution is 2.34. The molecule has 4 aromatic rings. The molecule has 10 nitrogen and oxygen atoms in total. The number of carbonyl (C=O) groups excluding carboxylic acids is 2. The zero-order valence-corrected chi connectivity index (χ0v) is 24.3. The van der Waals surface area contributed by atoms with Crippen molar-refractivity contribution in [1.29, 1.82) is 0 Å². The second kappa shape index (κ2) is 12.9. The highest BCUT2D eigenvalue weighted by Gasteiger charge is 2.32. The van der Waals surface area contributed by atoms with Gasteiger partial charge in [-0.3, -0.25) is 14.4 Å². The summed E-state index contributed by atoms with van der Waals surface area (Å²) in [4.78, 5) is 29.1. The summed E-state index contributed by atoms with van der Waals surface area (Å²) in [5.41, 5.74) is 1.61. The summed E-state index contributed by atoms with van der Waals surface area (Å²) in [5.74, 6) is -2.04. The van der Waals surface area contributed by atoms with Gasteiger partial charge in [0.15, 0.2) is 0 Å². The fourth-order valence-corrected chi connectivity index (χ4v) is 5.63. The number of rotatable bonds is 8. The van der Waals surface area contributed by atoms with Crippen LogP contribution in [0.25, 0.3) is 22.0 Å². The first kappa shape index (κ1) is 30.6. The van der Waals surface area contributed by atoms with Crippen molar-refractivity contribution in [3.8, 4) is 11.1 Å². The van der Waals surface area contributed by atoms with E-state index in [1.54, 1.807) is 39.9 Å². The lowest BCUT2D eigenvalue weighted by atomic mass is 10.0. The predicted octanol–water partition coefficient (Wildman–Crippen LogP) is 3.51. The molecule has 0 saturated carbocycles. The molecule has 236 valence electrons. The van der Waals surface area contributed by atoms with Gasteiger partial charge in [0.2, 0.25) is 0 Å². The number of morpholine rings is 2. The average molecular weight is 623 g/mol. The summed E-state index contributed by atoms with van der Waals surface area (Å²) >= 11 is 0. The fourth-order valence-electron chi connectivity index (χ4n) is 5.63. The second-order valence-corrected chi connectivity index (χ2v) is 10.9. The number of aromatic nitrogens is 2. The standard InChI is InChI=1S/C32H32F3N5O5/c33-32(34,35)24-16-23(18-26(20-24)39-10-14-45-15-11-39)30(41)36-25-3-1-2-21(17-25)22-4-5-27-28(19-22)40(37-29(27)31(42)43)7-6-38-8-12-44-13-9-38/h1-5,16-20H,6-15H2,(H,36,41)(H,42,43)/p-1. The minimum atomic E-state index is -4.62. The molecule has 13 heteroatoms. The van der Waals surface area contributed by atoms with Gasteiger partial charge in [0.1, 0.15) is 5.69 Å². The third kappa shape index (κ3) is 6.95. The summed E-state index contributed by atoms with van der Waals surface area (Å²) in [7, 11) is 0. The first-order valence-corrected chi connectivity index (χ1v) is 14.6. The van der Waals surface area contributed by atoms with E-state index in [0.29, 0.717) is 80.4 Å². The summed E-state index contributed by atoms with van der Waals surface area (Å²) in [6.45, 7) is 5.61. The van der Waals surface area contributed by atoms with Gasteiger partial charge in [0.05, 0.1) is 50.0 Å². The van der Waals surface area contributed by atoms with Gasteiger partial charge in [-0.15, -0.1) is 0 Å². The SMILES string of the molecule is O=C(Nc1cccc(-c2ccc3c(C(=O)[O-])nn(CCN4CCOCC4)c3c2)c1)c1cc(N2CCOCC2)cc(C(F)(F)F)c1. The van der Waals surface area contributed by atoms with Gasteiger partial charge in [-0.1, -0.05) is 18.2 Å². The number of halogens is 3. The average Bonchev–Trinajstić information content (AvgIpc) is 3.42. The molecular formula is C32H31F3N5O5-. The van der Waals surface area contributed by atoms with Crippen LogP contribution in [0.5, 0.6) is 0 Å². The Hall–Kier alpha value is -4.46. The Balaban J connectivity index is 1.26. The van der Waals surface area contributed by atoms with Gasteiger partial charge >= 0.3 is 6.18 Å². The van der Waals surface area contributed by atoms with E-state index < -0.39 is 23.6 Å². The molecule has 0 aliphatic carbocycles. The molecule has 0 bridgehead atoms. The first-order chi connectivity index (χ1) is 21.7. The maximum Gasteiger partial charge on any atom is 0.416 e. The largest absolute Gasteiger partial charge is 0.543 e. The minimum absolute atomic E-state index is 0.114. The Bertz CT molecular complexity index is 1710. The fraction of sp³-hybridized carbons (Fsp3) is 0.344. The Kier molecular flexibility index (Phi) is 8.74. The van der Waals surface area contributed by atoms with Crippen molar-refractivity contribution in [3.63, 3.8) is 0 Å². The Morgan fingerprint density at radius 3 is 2.29 bits per heavy atom. The molecule has 2 aliphatic heterocycles. The number of aromatic carboxylic acids is 1. The number of hydrogen-bond acceptors (Lipinski definition) is 8. The van der Waals surface area contributed by atoms with Crippen molar-refractivity contribution in [2.45, 2.75) is 12.7 Å². The number of hydrogen-bond donors (Lipinski definition) is 1. The molecule has 0 atom stereocenters.